The Morgan fingerprint density at radius 2 is 1.80 bits per heavy atom. The molecule has 2 N–H and O–H groups in total. The second-order valence-corrected chi connectivity index (χ2v) is 4.50. The highest BCUT2D eigenvalue weighted by Gasteiger charge is 2.10. The van der Waals surface area contributed by atoms with Crippen LogP contribution in [0.1, 0.15) is 17.5 Å². The van der Waals surface area contributed by atoms with E-state index >= 15 is 0 Å². The van der Waals surface area contributed by atoms with Gasteiger partial charge in [-0.3, -0.25) is 4.79 Å². The van der Waals surface area contributed by atoms with Crippen LogP contribution in [0.3, 0.4) is 0 Å². The summed E-state index contributed by atoms with van der Waals surface area (Å²) in [5.74, 6) is -1.19. The molecule has 0 aromatic heterocycles. The van der Waals surface area contributed by atoms with Crippen molar-refractivity contribution in [2.75, 3.05) is 0 Å². The van der Waals surface area contributed by atoms with Crippen LogP contribution in [-0.2, 0) is 17.8 Å². The summed E-state index contributed by atoms with van der Waals surface area (Å²) in [4.78, 5) is 10.7. The van der Waals surface area contributed by atoms with Gasteiger partial charge in [-0.15, -0.1) is 0 Å². The van der Waals surface area contributed by atoms with Crippen LogP contribution in [0.15, 0.2) is 42.5 Å². The smallest absolute Gasteiger partial charge is 0.303 e. The van der Waals surface area contributed by atoms with E-state index in [0.717, 1.165) is 16.7 Å². The van der Waals surface area contributed by atoms with E-state index in [1.165, 1.54) is 12.1 Å². The van der Waals surface area contributed by atoms with Crippen LogP contribution in [0, 0.1) is 5.82 Å². The zero-order valence-electron chi connectivity index (χ0n) is 10.8. The van der Waals surface area contributed by atoms with Crippen LogP contribution in [0.2, 0.25) is 0 Å². The van der Waals surface area contributed by atoms with Crippen LogP contribution in [-0.4, -0.2) is 16.2 Å². The summed E-state index contributed by atoms with van der Waals surface area (Å²) >= 11 is 0. The Hall–Kier alpha value is -2.20. The summed E-state index contributed by atoms with van der Waals surface area (Å²) in [7, 11) is 0. The maximum atomic E-state index is 13.0. The number of aliphatic hydroxyl groups excluding tert-OH is 1. The lowest BCUT2D eigenvalue weighted by molar-refractivity contribution is -0.136. The lowest BCUT2D eigenvalue weighted by atomic mass is 9.93. The lowest BCUT2D eigenvalue weighted by Crippen LogP contribution is -2.02. The first-order chi connectivity index (χ1) is 9.61. The van der Waals surface area contributed by atoms with E-state index in [1.807, 2.05) is 18.2 Å². The van der Waals surface area contributed by atoms with Gasteiger partial charge in [-0.2, -0.15) is 0 Å². The van der Waals surface area contributed by atoms with Crippen molar-refractivity contribution in [3.8, 4) is 11.1 Å². The normalized spacial score (nSPS) is 10.5. The number of carbonyl (C=O) groups is 1. The molecule has 0 spiro atoms. The summed E-state index contributed by atoms with van der Waals surface area (Å²) in [6, 6.07) is 11.5. The third kappa shape index (κ3) is 3.22. The summed E-state index contributed by atoms with van der Waals surface area (Å²) in [5, 5.41) is 18.3. The number of carboxylic acid groups (broad SMARTS) is 1. The van der Waals surface area contributed by atoms with Gasteiger partial charge in [0.25, 0.3) is 0 Å². The van der Waals surface area contributed by atoms with Gasteiger partial charge in [0.1, 0.15) is 5.82 Å². The van der Waals surface area contributed by atoms with Gasteiger partial charge < -0.3 is 10.2 Å². The number of aliphatic carboxylic acids is 1. The molecule has 2 rings (SSSR count). The molecule has 0 bridgehead atoms. The molecule has 0 aliphatic rings. The highest BCUT2D eigenvalue weighted by molar-refractivity contribution is 5.70. The predicted molar refractivity (Wildman–Crippen MR) is 73.7 cm³/mol. The highest BCUT2D eigenvalue weighted by atomic mass is 19.1. The summed E-state index contributed by atoms with van der Waals surface area (Å²) in [6.45, 7) is -0.178. The lowest BCUT2D eigenvalue weighted by Gasteiger charge is -2.13. The minimum atomic E-state index is -0.874. The van der Waals surface area contributed by atoms with Crippen molar-refractivity contribution >= 4 is 5.97 Å². The second-order valence-electron chi connectivity index (χ2n) is 4.50. The number of carboxylic acids is 1. The zero-order valence-corrected chi connectivity index (χ0v) is 10.8. The van der Waals surface area contributed by atoms with Crippen molar-refractivity contribution in [1.29, 1.82) is 0 Å². The van der Waals surface area contributed by atoms with Gasteiger partial charge in [0.2, 0.25) is 0 Å². The van der Waals surface area contributed by atoms with Gasteiger partial charge in [0, 0.05) is 6.42 Å². The minimum absolute atomic E-state index is 0.0138. The number of aliphatic hydroxyl groups is 1. The molecule has 0 radical (unpaired) electrons. The van der Waals surface area contributed by atoms with Gasteiger partial charge >= 0.3 is 5.97 Å². The number of rotatable bonds is 5. The Bertz CT molecular complexity index is 606. The van der Waals surface area contributed by atoms with Crippen molar-refractivity contribution in [2.24, 2.45) is 0 Å². The highest BCUT2D eigenvalue weighted by Crippen LogP contribution is 2.27. The van der Waals surface area contributed by atoms with E-state index in [-0.39, 0.29) is 18.8 Å². The van der Waals surface area contributed by atoms with Crippen molar-refractivity contribution in [3.63, 3.8) is 0 Å². The average molecular weight is 274 g/mol. The van der Waals surface area contributed by atoms with E-state index in [0.29, 0.717) is 12.0 Å². The molecule has 0 fully saturated rings. The Morgan fingerprint density at radius 1 is 1.10 bits per heavy atom. The minimum Gasteiger partial charge on any atom is -0.481 e. The maximum Gasteiger partial charge on any atom is 0.303 e. The van der Waals surface area contributed by atoms with Gasteiger partial charge in [-0.1, -0.05) is 30.3 Å². The van der Waals surface area contributed by atoms with Crippen LogP contribution >= 0.6 is 0 Å². The molecule has 104 valence electrons. The molecule has 0 saturated carbocycles. The molecule has 0 aliphatic carbocycles. The number of hydrogen-bond donors (Lipinski definition) is 2. The molecule has 2 aromatic carbocycles. The van der Waals surface area contributed by atoms with E-state index in [2.05, 4.69) is 0 Å². The number of halogens is 1. The maximum absolute atomic E-state index is 13.0. The van der Waals surface area contributed by atoms with Crippen molar-refractivity contribution in [1.82, 2.24) is 0 Å². The fourth-order valence-corrected chi connectivity index (χ4v) is 2.20. The van der Waals surface area contributed by atoms with Crippen molar-refractivity contribution in [3.05, 3.63) is 59.4 Å². The molecule has 20 heavy (non-hydrogen) atoms. The van der Waals surface area contributed by atoms with Gasteiger partial charge in [0.05, 0.1) is 6.61 Å². The van der Waals surface area contributed by atoms with Gasteiger partial charge in [-0.05, 0) is 40.8 Å². The molecule has 0 unspecified atom stereocenters. The molecule has 0 aliphatic heterocycles. The van der Waals surface area contributed by atoms with Crippen LogP contribution in [0.4, 0.5) is 4.39 Å². The Labute approximate surface area is 116 Å². The SMILES string of the molecule is O=C(O)CCc1cccc(-c2ccc(F)cc2)c1CO. The second kappa shape index (κ2) is 6.30. The fraction of sp³-hybridized carbons (Fsp3) is 0.188. The number of hydrogen-bond acceptors (Lipinski definition) is 2. The van der Waals surface area contributed by atoms with E-state index in [4.69, 9.17) is 5.11 Å². The van der Waals surface area contributed by atoms with Crippen LogP contribution in [0.5, 0.6) is 0 Å². The largest absolute Gasteiger partial charge is 0.481 e. The summed E-state index contributed by atoms with van der Waals surface area (Å²) in [6.07, 6.45) is 0.375. The van der Waals surface area contributed by atoms with Crippen LogP contribution < -0.4 is 0 Å². The number of aryl methyl sites for hydroxylation is 1. The third-order valence-electron chi connectivity index (χ3n) is 3.19. The third-order valence-corrected chi connectivity index (χ3v) is 3.19. The standard InChI is InChI=1S/C16H15FO3/c17-13-7-4-12(5-8-13)14-3-1-2-11(15(14)10-18)6-9-16(19)20/h1-5,7-8,18H,6,9-10H2,(H,19,20). The molecule has 2 aromatic rings. The van der Waals surface area contributed by atoms with Crippen LogP contribution in [0.25, 0.3) is 11.1 Å². The number of benzene rings is 2. The molecular weight excluding hydrogens is 259 g/mol. The van der Waals surface area contributed by atoms with E-state index in [1.54, 1.807) is 12.1 Å². The Morgan fingerprint density at radius 3 is 2.40 bits per heavy atom. The molecule has 4 heteroatoms. The molecular formula is C16H15FO3. The first-order valence-corrected chi connectivity index (χ1v) is 6.31. The molecule has 0 atom stereocenters. The monoisotopic (exact) mass is 274 g/mol. The quantitative estimate of drug-likeness (QED) is 0.881. The summed E-state index contributed by atoms with van der Waals surface area (Å²) in [5.41, 5.74) is 3.10. The molecule has 0 amide bonds. The molecule has 0 saturated heterocycles. The Balaban J connectivity index is 2.40. The fourth-order valence-electron chi connectivity index (χ4n) is 2.20. The summed E-state index contributed by atoms with van der Waals surface area (Å²) < 4.78 is 13.0. The first kappa shape index (κ1) is 14.2. The first-order valence-electron chi connectivity index (χ1n) is 6.31. The predicted octanol–water partition coefficient (Wildman–Crippen LogP) is 3.00. The van der Waals surface area contributed by atoms with Crippen molar-refractivity contribution in [2.45, 2.75) is 19.4 Å². The van der Waals surface area contributed by atoms with Crippen molar-refractivity contribution < 1.29 is 19.4 Å². The molecule has 3 nitrogen and oxygen atoms in total. The van der Waals surface area contributed by atoms with Gasteiger partial charge in [0.15, 0.2) is 0 Å². The zero-order chi connectivity index (χ0) is 14.5. The average Bonchev–Trinajstić information content (AvgIpc) is 2.45. The topological polar surface area (TPSA) is 57.5 Å². The van der Waals surface area contributed by atoms with E-state index in [9.17, 15) is 14.3 Å². The van der Waals surface area contributed by atoms with E-state index < -0.39 is 5.97 Å². The molecule has 0 heterocycles. The Kier molecular flexibility index (Phi) is 4.48. The van der Waals surface area contributed by atoms with Gasteiger partial charge in [-0.25, -0.2) is 4.39 Å².